The molecule has 0 atom stereocenters. The van der Waals surface area contributed by atoms with Crippen LogP contribution in [0.5, 0.6) is 5.75 Å². The van der Waals surface area contributed by atoms with Crippen molar-refractivity contribution in [2.45, 2.75) is 56.7 Å². The Morgan fingerprint density at radius 2 is 1.70 bits per heavy atom. The third-order valence-corrected chi connectivity index (χ3v) is 5.84. The van der Waals surface area contributed by atoms with Crippen molar-refractivity contribution in [3.8, 4) is 5.75 Å². The summed E-state index contributed by atoms with van der Waals surface area (Å²) in [5.74, 6) is -1.23. The van der Waals surface area contributed by atoms with E-state index in [2.05, 4.69) is 10.2 Å². The minimum Gasteiger partial charge on any atom is -0.487 e. The van der Waals surface area contributed by atoms with E-state index in [4.69, 9.17) is 4.74 Å². The second-order valence-corrected chi connectivity index (χ2v) is 7.87. The Bertz CT molecular complexity index is 667. The summed E-state index contributed by atoms with van der Waals surface area (Å²) in [5.41, 5.74) is 0. The maximum absolute atomic E-state index is 13.7. The van der Waals surface area contributed by atoms with Crippen LogP contribution in [-0.4, -0.2) is 60.2 Å². The van der Waals surface area contributed by atoms with Gasteiger partial charge < -0.3 is 19.9 Å². The van der Waals surface area contributed by atoms with Gasteiger partial charge in [0.25, 0.3) is 0 Å². The highest BCUT2D eigenvalue weighted by atomic mass is 19.1. The molecule has 2 saturated heterocycles. The lowest BCUT2D eigenvalue weighted by Crippen LogP contribution is -2.52. The molecular formula is C20H27F2N3O2. The fraction of sp³-hybridized carbons (Fsp3) is 0.650. The van der Waals surface area contributed by atoms with Gasteiger partial charge in [-0.1, -0.05) is 0 Å². The van der Waals surface area contributed by atoms with Gasteiger partial charge in [-0.3, -0.25) is 0 Å². The third-order valence-electron chi connectivity index (χ3n) is 5.84. The molecular weight excluding hydrogens is 352 g/mol. The molecule has 2 aliphatic heterocycles. The molecule has 0 aromatic heterocycles. The van der Waals surface area contributed by atoms with Crippen molar-refractivity contribution >= 4 is 6.03 Å². The van der Waals surface area contributed by atoms with E-state index in [1.165, 1.54) is 25.0 Å². The quantitative estimate of drug-likeness (QED) is 0.874. The summed E-state index contributed by atoms with van der Waals surface area (Å²) >= 11 is 0. The van der Waals surface area contributed by atoms with Gasteiger partial charge in [0.2, 0.25) is 0 Å². The van der Waals surface area contributed by atoms with E-state index in [1.54, 1.807) is 0 Å². The number of hydrogen-bond acceptors (Lipinski definition) is 3. The molecule has 0 bridgehead atoms. The number of nitrogens with one attached hydrogen (secondary N) is 1. The molecule has 2 heterocycles. The molecule has 1 N–H and O–H groups in total. The van der Waals surface area contributed by atoms with E-state index >= 15 is 0 Å². The summed E-state index contributed by atoms with van der Waals surface area (Å²) in [4.78, 5) is 16.9. The second-order valence-electron chi connectivity index (χ2n) is 7.87. The van der Waals surface area contributed by atoms with Crippen LogP contribution in [0.1, 0.15) is 38.5 Å². The monoisotopic (exact) mass is 379 g/mol. The second kappa shape index (κ2) is 8.00. The SMILES string of the molecule is O=C(NC1CCN(C2CC2)CC1)N1CCC(Oc2ccc(F)cc2F)CC1. The van der Waals surface area contributed by atoms with Gasteiger partial charge >= 0.3 is 6.03 Å². The van der Waals surface area contributed by atoms with Crippen molar-refractivity contribution in [1.29, 1.82) is 0 Å². The minimum atomic E-state index is -0.687. The van der Waals surface area contributed by atoms with Gasteiger partial charge in [0, 0.05) is 57.2 Å². The first kappa shape index (κ1) is 18.5. The predicted octanol–water partition coefficient (Wildman–Crippen LogP) is 3.14. The van der Waals surface area contributed by atoms with Crippen LogP contribution in [0.4, 0.5) is 13.6 Å². The molecule has 1 saturated carbocycles. The Labute approximate surface area is 158 Å². The molecule has 0 spiro atoms. The highest BCUT2D eigenvalue weighted by molar-refractivity contribution is 5.74. The molecule has 7 heteroatoms. The number of amides is 2. The average molecular weight is 379 g/mol. The first-order valence-corrected chi connectivity index (χ1v) is 9.99. The number of benzene rings is 1. The zero-order chi connectivity index (χ0) is 18.8. The molecule has 1 aromatic rings. The summed E-state index contributed by atoms with van der Waals surface area (Å²) in [6, 6.07) is 4.38. The lowest BCUT2D eigenvalue weighted by Gasteiger charge is -2.36. The highest BCUT2D eigenvalue weighted by Crippen LogP contribution is 2.29. The number of carbonyl (C=O) groups is 1. The fourth-order valence-electron chi connectivity index (χ4n) is 4.04. The van der Waals surface area contributed by atoms with E-state index in [0.29, 0.717) is 25.9 Å². The van der Waals surface area contributed by atoms with Gasteiger partial charge in [0.15, 0.2) is 11.6 Å². The number of carbonyl (C=O) groups excluding carboxylic acids is 1. The largest absolute Gasteiger partial charge is 0.487 e. The maximum Gasteiger partial charge on any atom is 0.317 e. The molecule has 0 unspecified atom stereocenters. The fourth-order valence-corrected chi connectivity index (χ4v) is 4.04. The number of ether oxygens (including phenoxy) is 1. The average Bonchev–Trinajstić information content (AvgIpc) is 3.50. The molecule has 3 aliphatic rings. The molecule has 2 amide bonds. The maximum atomic E-state index is 13.7. The smallest absolute Gasteiger partial charge is 0.317 e. The molecule has 4 rings (SSSR count). The van der Waals surface area contributed by atoms with Crippen molar-refractivity contribution < 1.29 is 18.3 Å². The van der Waals surface area contributed by atoms with Crippen LogP contribution in [0, 0.1) is 11.6 Å². The number of likely N-dealkylation sites (tertiary alicyclic amines) is 2. The zero-order valence-electron chi connectivity index (χ0n) is 15.5. The van der Waals surface area contributed by atoms with Gasteiger partial charge in [0.05, 0.1) is 0 Å². The topological polar surface area (TPSA) is 44.8 Å². The molecule has 1 aliphatic carbocycles. The number of piperidine rings is 2. The number of hydrogen-bond donors (Lipinski definition) is 1. The number of halogens is 2. The van der Waals surface area contributed by atoms with Gasteiger partial charge in [-0.05, 0) is 37.8 Å². The number of urea groups is 1. The summed E-state index contributed by atoms with van der Waals surface area (Å²) in [7, 11) is 0. The van der Waals surface area contributed by atoms with E-state index in [0.717, 1.165) is 38.0 Å². The minimum absolute atomic E-state index is 0.00807. The Kier molecular flexibility index (Phi) is 5.48. The van der Waals surface area contributed by atoms with Crippen LogP contribution in [0.3, 0.4) is 0 Å². The molecule has 3 fully saturated rings. The van der Waals surface area contributed by atoms with Gasteiger partial charge in [0.1, 0.15) is 11.9 Å². The Hall–Kier alpha value is -1.89. The molecule has 148 valence electrons. The lowest BCUT2D eigenvalue weighted by molar-refractivity contribution is 0.104. The summed E-state index contributed by atoms with van der Waals surface area (Å²) < 4.78 is 32.3. The van der Waals surface area contributed by atoms with Crippen molar-refractivity contribution in [1.82, 2.24) is 15.1 Å². The number of rotatable bonds is 4. The standard InChI is InChI=1S/C20H27F2N3O2/c21-14-1-4-19(18(22)13-14)27-17-7-11-25(12-8-17)20(26)23-15-5-9-24(10-6-15)16-2-3-16/h1,4,13,15-17H,2-3,5-12H2,(H,23,26). The first-order valence-electron chi connectivity index (χ1n) is 9.99. The predicted molar refractivity (Wildman–Crippen MR) is 97.7 cm³/mol. The third kappa shape index (κ3) is 4.69. The highest BCUT2D eigenvalue weighted by Gasteiger charge is 2.33. The van der Waals surface area contributed by atoms with Crippen LogP contribution in [0.2, 0.25) is 0 Å². The van der Waals surface area contributed by atoms with Crippen LogP contribution in [0.25, 0.3) is 0 Å². The van der Waals surface area contributed by atoms with Gasteiger partial charge in [-0.25, -0.2) is 13.6 Å². The Morgan fingerprint density at radius 1 is 1.00 bits per heavy atom. The van der Waals surface area contributed by atoms with Crippen molar-refractivity contribution in [3.05, 3.63) is 29.8 Å². The van der Waals surface area contributed by atoms with E-state index in [-0.39, 0.29) is 23.9 Å². The Balaban J connectivity index is 1.20. The van der Waals surface area contributed by atoms with Crippen molar-refractivity contribution in [2.75, 3.05) is 26.2 Å². The number of nitrogens with zero attached hydrogens (tertiary/aromatic N) is 2. The summed E-state index contributed by atoms with van der Waals surface area (Å²) in [6.07, 6.45) is 5.83. The Morgan fingerprint density at radius 3 is 2.33 bits per heavy atom. The van der Waals surface area contributed by atoms with Crippen LogP contribution >= 0.6 is 0 Å². The van der Waals surface area contributed by atoms with Crippen molar-refractivity contribution in [3.63, 3.8) is 0 Å². The van der Waals surface area contributed by atoms with Crippen LogP contribution in [-0.2, 0) is 0 Å². The summed E-state index contributed by atoms with van der Waals surface area (Å²) in [5, 5.41) is 3.17. The van der Waals surface area contributed by atoms with E-state index < -0.39 is 11.6 Å². The first-order chi connectivity index (χ1) is 13.1. The summed E-state index contributed by atoms with van der Waals surface area (Å²) in [6.45, 7) is 3.32. The van der Waals surface area contributed by atoms with Crippen LogP contribution < -0.4 is 10.1 Å². The van der Waals surface area contributed by atoms with E-state index in [9.17, 15) is 13.6 Å². The van der Waals surface area contributed by atoms with Crippen molar-refractivity contribution in [2.24, 2.45) is 0 Å². The lowest BCUT2D eigenvalue weighted by atomic mass is 10.0. The van der Waals surface area contributed by atoms with E-state index in [1.807, 2.05) is 4.90 Å². The van der Waals surface area contributed by atoms with Crippen LogP contribution in [0.15, 0.2) is 18.2 Å². The molecule has 0 radical (unpaired) electrons. The molecule has 5 nitrogen and oxygen atoms in total. The zero-order valence-corrected chi connectivity index (χ0v) is 15.5. The molecule has 1 aromatic carbocycles. The molecule has 27 heavy (non-hydrogen) atoms. The van der Waals surface area contributed by atoms with Gasteiger partial charge in [-0.15, -0.1) is 0 Å². The van der Waals surface area contributed by atoms with Gasteiger partial charge in [-0.2, -0.15) is 0 Å². The normalized spacial score (nSPS) is 22.7.